The molecule has 0 aliphatic carbocycles. The van der Waals surface area contributed by atoms with Gasteiger partial charge in [0.05, 0.1) is 10.7 Å². The fourth-order valence-corrected chi connectivity index (χ4v) is 3.13. The number of hydrogen-bond acceptors (Lipinski definition) is 2. The van der Waals surface area contributed by atoms with Crippen molar-refractivity contribution < 1.29 is 0 Å². The zero-order valence-corrected chi connectivity index (χ0v) is 12.4. The second kappa shape index (κ2) is 5.44. The Hall–Kier alpha value is 0.110. The predicted octanol–water partition coefficient (Wildman–Crippen LogP) is 4.40. The Kier molecular flexibility index (Phi) is 4.78. The van der Waals surface area contributed by atoms with E-state index in [1.807, 2.05) is 0 Å². The maximum Gasteiger partial charge on any atom is 0.0931 e. The van der Waals surface area contributed by atoms with Gasteiger partial charge in [0.15, 0.2) is 0 Å². The summed E-state index contributed by atoms with van der Waals surface area (Å²) in [7, 11) is 0. The Morgan fingerprint density at radius 1 is 1.47 bits per heavy atom. The molecular weight excluding hydrogens is 270 g/mol. The summed E-state index contributed by atoms with van der Waals surface area (Å²) in [6.07, 6.45) is 2.33. The molecule has 0 N–H and O–H groups in total. The molecule has 0 aliphatic rings. The van der Waals surface area contributed by atoms with Crippen LogP contribution in [-0.4, -0.2) is 10.3 Å². The lowest BCUT2D eigenvalue weighted by atomic mass is 9.93. The molecule has 1 aromatic rings. The van der Waals surface area contributed by atoms with E-state index in [2.05, 4.69) is 49.0 Å². The summed E-state index contributed by atoms with van der Waals surface area (Å²) in [5.74, 6) is 0.726. The zero-order valence-electron chi connectivity index (χ0n) is 10.0. The minimum absolute atomic E-state index is 0.185. The highest BCUT2D eigenvalue weighted by Gasteiger charge is 2.18. The van der Waals surface area contributed by atoms with Crippen molar-refractivity contribution in [2.75, 3.05) is 5.33 Å². The first-order valence-electron chi connectivity index (χ1n) is 5.48. The summed E-state index contributed by atoms with van der Waals surface area (Å²) in [6.45, 7) is 8.89. The molecule has 1 nitrogen and oxygen atoms in total. The average Bonchev–Trinajstić information content (AvgIpc) is 2.61. The van der Waals surface area contributed by atoms with Crippen LogP contribution in [0.25, 0.3) is 0 Å². The molecule has 0 bridgehead atoms. The number of halogens is 1. The Morgan fingerprint density at radius 3 is 2.53 bits per heavy atom. The van der Waals surface area contributed by atoms with Gasteiger partial charge in [-0.3, -0.25) is 0 Å². The standard InChI is InChI=1S/C12H20BrNS/c1-5-9(7-13)6-11-14-10(8-15-11)12(2,3)4/h8-9H,5-7H2,1-4H3. The van der Waals surface area contributed by atoms with Gasteiger partial charge in [-0.2, -0.15) is 0 Å². The van der Waals surface area contributed by atoms with Crippen LogP contribution in [0, 0.1) is 5.92 Å². The van der Waals surface area contributed by atoms with E-state index in [0.29, 0.717) is 0 Å². The molecule has 0 radical (unpaired) electrons. The second-order valence-corrected chi connectivity index (χ2v) is 6.60. The second-order valence-electron chi connectivity index (χ2n) is 5.01. The zero-order chi connectivity index (χ0) is 11.5. The van der Waals surface area contributed by atoms with E-state index >= 15 is 0 Å². The van der Waals surface area contributed by atoms with Gasteiger partial charge in [-0.05, 0) is 5.92 Å². The highest BCUT2D eigenvalue weighted by Crippen LogP contribution is 2.25. The molecule has 1 rings (SSSR count). The predicted molar refractivity (Wildman–Crippen MR) is 72.1 cm³/mol. The first-order valence-corrected chi connectivity index (χ1v) is 7.48. The third-order valence-corrected chi connectivity index (χ3v) is 4.37. The molecule has 0 saturated carbocycles. The van der Waals surface area contributed by atoms with E-state index in [1.165, 1.54) is 17.1 Å². The fraction of sp³-hybridized carbons (Fsp3) is 0.750. The van der Waals surface area contributed by atoms with Crippen molar-refractivity contribution in [1.29, 1.82) is 0 Å². The Bertz CT molecular complexity index is 297. The van der Waals surface area contributed by atoms with Crippen molar-refractivity contribution in [3.05, 3.63) is 16.1 Å². The van der Waals surface area contributed by atoms with Gasteiger partial charge < -0.3 is 0 Å². The smallest absolute Gasteiger partial charge is 0.0931 e. The van der Waals surface area contributed by atoms with Gasteiger partial charge in [-0.15, -0.1) is 11.3 Å². The number of alkyl halides is 1. The maximum absolute atomic E-state index is 4.71. The molecule has 0 aromatic carbocycles. The Balaban J connectivity index is 2.68. The average molecular weight is 290 g/mol. The molecule has 0 fully saturated rings. The molecular formula is C12H20BrNS. The largest absolute Gasteiger partial charge is 0.246 e. The van der Waals surface area contributed by atoms with Crippen LogP contribution in [0.4, 0.5) is 0 Å². The van der Waals surface area contributed by atoms with Crippen molar-refractivity contribution in [2.45, 2.75) is 46.0 Å². The van der Waals surface area contributed by atoms with E-state index in [1.54, 1.807) is 11.3 Å². The highest BCUT2D eigenvalue weighted by atomic mass is 79.9. The summed E-state index contributed by atoms with van der Waals surface area (Å²) < 4.78 is 0. The highest BCUT2D eigenvalue weighted by molar-refractivity contribution is 9.09. The summed E-state index contributed by atoms with van der Waals surface area (Å²) in [4.78, 5) is 4.71. The molecule has 15 heavy (non-hydrogen) atoms. The van der Waals surface area contributed by atoms with Crippen molar-refractivity contribution in [1.82, 2.24) is 4.98 Å². The van der Waals surface area contributed by atoms with Crippen LogP contribution >= 0.6 is 27.3 Å². The van der Waals surface area contributed by atoms with Gasteiger partial charge in [0, 0.05) is 22.5 Å². The number of thiazole rings is 1. The van der Waals surface area contributed by atoms with E-state index in [4.69, 9.17) is 4.98 Å². The molecule has 0 spiro atoms. The third kappa shape index (κ3) is 3.87. The van der Waals surface area contributed by atoms with E-state index in [0.717, 1.165) is 17.7 Å². The first kappa shape index (κ1) is 13.2. The van der Waals surface area contributed by atoms with Gasteiger partial charge in [0.25, 0.3) is 0 Å². The molecule has 86 valence electrons. The molecule has 0 amide bonds. The first-order chi connectivity index (χ1) is 6.97. The Morgan fingerprint density at radius 2 is 2.13 bits per heavy atom. The molecule has 1 heterocycles. The van der Waals surface area contributed by atoms with Gasteiger partial charge in [-0.25, -0.2) is 4.98 Å². The maximum atomic E-state index is 4.71. The minimum atomic E-state index is 0.185. The van der Waals surface area contributed by atoms with Gasteiger partial charge in [-0.1, -0.05) is 50.0 Å². The lowest BCUT2D eigenvalue weighted by molar-refractivity contribution is 0.552. The van der Waals surface area contributed by atoms with Crippen LogP contribution in [0.15, 0.2) is 5.38 Å². The Labute approximate surface area is 105 Å². The molecule has 0 aliphatic heterocycles. The van der Waals surface area contributed by atoms with Crippen LogP contribution in [0.5, 0.6) is 0 Å². The molecule has 0 saturated heterocycles. The van der Waals surface area contributed by atoms with Crippen LogP contribution in [0.1, 0.15) is 44.8 Å². The van der Waals surface area contributed by atoms with E-state index in [-0.39, 0.29) is 5.41 Å². The van der Waals surface area contributed by atoms with Gasteiger partial charge >= 0.3 is 0 Å². The molecule has 1 atom stereocenters. The van der Waals surface area contributed by atoms with Gasteiger partial charge in [0.2, 0.25) is 0 Å². The lowest BCUT2D eigenvalue weighted by Crippen LogP contribution is -2.12. The number of aromatic nitrogens is 1. The quantitative estimate of drug-likeness (QED) is 0.749. The molecule has 1 unspecified atom stereocenters. The molecule has 1 aromatic heterocycles. The summed E-state index contributed by atoms with van der Waals surface area (Å²) in [5.41, 5.74) is 1.41. The SMILES string of the molecule is CCC(CBr)Cc1nc(C(C)(C)C)cs1. The van der Waals surface area contributed by atoms with Crippen molar-refractivity contribution >= 4 is 27.3 Å². The third-order valence-electron chi connectivity index (χ3n) is 2.58. The number of rotatable bonds is 4. The van der Waals surface area contributed by atoms with Crippen molar-refractivity contribution in [2.24, 2.45) is 5.92 Å². The van der Waals surface area contributed by atoms with Gasteiger partial charge in [0.1, 0.15) is 0 Å². The fourth-order valence-electron chi connectivity index (χ4n) is 1.30. The van der Waals surface area contributed by atoms with Crippen LogP contribution in [0.3, 0.4) is 0 Å². The normalized spacial score (nSPS) is 14.2. The minimum Gasteiger partial charge on any atom is -0.246 e. The lowest BCUT2D eigenvalue weighted by Gasteiger charge is -2.14. The van der Waals surface area contributed by atoms with E-state index < -0.39 is 0 Å². The van der Waals surface area contributed by atoms with Crippen LogP contribution in [0.2, 0.25) is 0 Å². The number of hydrogen-bond donors (Lipinski definition) is 0. The summed E-state index contributed by atoms with van der Waals surface area (Å²) >= 11 is 5.36. The summed E-state index contributed by atoms with van der Waals surface area (Å²) in [6, 6.07) is 0. The summed E-state index contributed by atoms with van der Waals surface area (Å²) in [5, 5.41) is 4.57. The van der Waals surface area contributed by atoms with E-state index in [9.17, 15) is 0 Å². The van der Waals surface area contributed by atoms with Crippen molar-refractivity contribution in [3.8, 4) is 0 Å². The van der Waals surface area contributed by atoms with Crippen LogP contribution < -0.4 is 0 Å². The number of nitrogens with zero attached hydrogens (tertiary/aromatic N) is 1. The van der Waals surface area contributed by atoms with Crippen molar-refractivity contribution in [3.63, 3.8) is 0 Å². The molecule has 3 heteroatoms. The van der Waals surface area contributed by atoms with Crippen LogP contribution in [-0.2, 0) is 11.8 Å². The monoisotopic (exact) mass is 289 g/mol. The topological polar surface area (TPSA) is 12.9 Å².